The third-order valence-electron chi connectivity index (χ3n) is 7.65. The monoisotopic (exact) mass is 444 g/mol. The van der Waals surface area contributed by atoms with Crippen molar-refractivity contribution in [3.05, 3.63) is 29.1 Å². The Morgan fingerprint density at radius 2 is 1.84 bits per heavy atom. The largest absolute Gasteiger partial charge is 0.337 e. The van der Waals surface area contributed by atoms with Crippen LogP contribution in [0.3, 0.4) is 0 Å². The molecular weight excluding hydrogens is 407 g/mol. The number of carbonyl (C=O) groups is 2. The number of rotatable bonds is 5. The quantitative estimate of drug-likeness (QED) is 0.757. The van der Waals surface area contributed by atoms with Gasteiger partial charge in [0.1, 0.15) is 5.82 Å². The number of anilines is 1. The molecule has 3 fully saturated rings. The van der Waals surface area contributed by atoms with Gasteiger partial charge in [-0.1, -0.05) is 12.8 Å². The van der Waals surface area contributed by atoms with Gasteiger partial charge < -0.3 is 10.2 Å². The zero-order valence-electron chi connectivity index (χ0n) is 19.7. The number of carbonyl (C=O) groups excluding carboxylic acids is 2. The maximum atomic E-state index is 14.5. The van der Waals surface area contributed by atoms with Crippen molar-refractivity contribution in [3.63, 3.8) is 0 Å². The number of hydrogen-bond acceptors (Lipinski definition) is 4. The molecule has 2 aliphatic heterocycles. The van der Waals surface area contributed by atoms with Crippen LogP contribution in [0.25, 0.3) is 0 Å². The molecule has 2 saturated heterocycles. The van der Waals surface area contributed by atoms with Crippen LogP contribution in [0.15, 0.2) is 12.1 Å². The Bertz CT molecular complexity index is 855. The summed E-state index contributed by atoms with van der Waals surface area (Å²) in [6, 6.07) is 3.01. The van der Waals surface area contributed by atoms with Crippen molar-refractivity contribution >= 4 is 17.5 Å². The summed E-state index contributed by atoms with van der Waals surface area (Å²) in [6.07, 6.45) is 6.23. The van der Waals surface area contributed by atoms with Crippen molar-refractivity contribution in [1.29, 1.82) is 0 Å². The summed E-state index contributed by atoms with van der Waals surface area (Å²) in [7, 11) is 1.96. The second-order valence-electron chi connectivity index (χ2n) is 9.96. The predicted molar refractivity (Wildman–Crippen MR) is 124 cm³/mol. The van der Waals surface area contributed by atoms with Crippen molar-refractivity contribution in [2.45, 2.75) is 71.0 Å². The fourth-order valence-electron chi connectivity index (χ4n) is 5.64. The Balaban J connectivity index is 1.40. The van der Waals surface area contributed by atoms with Crippen molar-refractivity contribution in [3.8, 4) is 0 Å². The zero-order chi connectivity index (χ0) is 22.8. The molecule has 1 saturated carbocycles. The van der Waals surface area contributed by atoms with Gasteiger partial charge in [-0.05, 0) is 76.4 Å². The van der Waals surface area contributed by atoms with Crippen LogP contribution >= 0.6 is 0 Å². The Kier molecular flexibility index (Phi) is 7.15. The molecule has 0 radical (unpaired) electrons. The molecule has 2 atom stereocenters. The minimum absolute atomic E-state index is 0.0580. The standard InChI is InChI=1S/C25H37FN4O2/c1-17-15-29(11-12-30(17)25(32)19-7-4-5-8-19)16-20-13-21(26)14-22(18(20)2)27-24(31)23-9-6-10-28(23)3/h13-14,17,19,23H,4-12,15-16H2,1-3H3,(H,27,31)/t17-,23?/m0/s1. The van der Waals surface area contributed by atoms with Crippen LogP contribution in [-0.4, -0.2) is 71.8 Å². The van der Waals surface area contributed by atoms with Gasteiger partial charge in [-0.25, -0.2) is 4.39 Å². The Morgan fingerprint density at radius 3 is 2.50 bits per heavy atom. The Hall–Kier alpha value is -1.99. The van der Waals surface area contributed by atoms with Crippen molar-refractivity contribution in [2.75, 3.05) is 38.5 Å². The molecule has 0 bridgehead atoms. The molecule has 1 aliphatic carbocycles. The molecule has 1 aromatic carbocycles. The van der Waals surface area contributed by atoms with Crippen LogP contribution < -0.4 is 5.32 Å². The average molecular weight is 445 g/mol. The van der Waals surface area contributed by atoms with E-state index in [1.54, 1.807) is 6.07 Å². The minimum Gasteiger partial charge on any atom is -0.337 e. The molecule has 6 nitrogen and oxygen atoms in total. The van der Waals surface area contributed by atoms with Gasteiger partial charge in [0.25, 0.3) is 0 Å². The first-order chi connectivity index (χ1) is 15.3. The van der Waals surface area contributed by atoms with E-state index >= 15 is 0 Å². The van der Waals surface area contributed by atoms with Gasteiger partial charge in [0.15, 0.2) is 0 Å². The molecule has 176 valence electrons. The molecule has 7 heteroatoms. The summed E-state index contributed by atoms with van der Waals surface area (Å²) >= 11 is 0. The number of halogens is 1. The molecule has 0 aromatic heterocycles. The highest BCUT2D eigenvalue weighted by molar-refractivity contribution is 5.95. The first-order valence-electron chi connectivity index (χ1n) is 12.2. The lowest BCUT2D eigenvalue weighted by molar-refractivity contribution is -0.140. The van der Waals surface area contributed by atoms with E-state index in [4.69, 9.17) is 0 Å². The number of likely N-dealkylation sites (N-methyl/N-ethyl adjacent to an activating group) is 1. The number of benzene rings is 1. The van der Waals surface area contributed by atoms with Crippen LogP contribution in [0.4, 0.5) is 10.1 Å². The van der Waals surface area contributed by atoms with Crippen LogP contribution in [0.2, 0.25) is 0 Å². The van der Waals surface area contributed by atoms with E-state index in [-0.39, 0.29) is 29.7 Å². The fourth-order valence-corrected chi connectivity index (χ4v) is 5.64. The molecule has 1 unspecified atom stereocenters. The normalized spacial score (nSPS) is 25.4. The van der Waals surface area contributed by atoms with Crippen molar-refractivity contribution in [1.82, 2.24) is 14.7 Å². The summed E-state index contributed by atoms with van der Waals surface area (Å²) in [6.45, 7) is 7.89. The molecule has 1 aromatic rings. The average Bonchev–Trinajstić information content (AvgIpc) is 3.43. The molecule has 2 heterocycles. The fraction of sp³-hybridized carbons (Fsp3) is 0.680. The van der Waals surface area contributed by atoms with Crippen LogP contribution in [0.5, 0.6) is 0 Å². The third-order valence-corrected chi connectivity index (χ3v) is 7.65. The highest BCUT2D eigenvalue weighted by Gasteiger charge is 2.33. The summed E-state index contributed by atoms with van der Waals surface area (Å²) in [4.78, 5) is 32.0. The topological polar surface area (TPSA) is 55.9 Å². The maximum absolute atomic E-state index is 14.5. The van der Waals surface area contributed by atoms with E-state index in [0.717, 1.165) is 63.0 Å². The van der Waals surface area contributed by atoms with E-state index in [9.17, 15) is 14.0 Å². The molecule has 3 aliphatic rings. The van der Waals surface area contributed by atoms with Crippen LogP contribution in [-0.2, 0) is 16.1 Å². The number of amides is 2. The van der Waals surface area contributed by atoms with Gasteiger partial charge in [-0.2, -0.15) is 0 Å². The first kappa shape index (κ1) is 23.2. The second-order valence-corrected chi connectivity index (χ2v) is 9.96. The van der Waals surface area contributed by atoms with Gasteiger partial charge in [0.2, 0.25) is 11.8 Å². The van der Waals surface area contributed by atoms with E-state index in [1.165, 1.54) is 18.9 Å². The Morgan fingerprint density at radius 1 is 1.09 bits per heavy atom. The van der Waals surface area contributed by atoms with Crippen molar-refractivity contribution < 1.29 is 14.0 Å². The SMILES string of the molecule is Cc1c(CN2CCN(C(=O)C3CCCC3)[C@@H](C)C2)cc(F)cc1NC(=O)C1CCCN1C. The predicted octanol–water partition coefficient (Wildman–Crippen LogP) is 3.39. The lowest BCUT2D eigenvalue weighted by Gasteiger charge is -2.41. The molecule has 1 N–H and O–H groups in total. The summed E-state index contributed by atoms with van der Waals surface area (Å²) in [5.41, 5.74) is 2.37. The number of nitrogens with zero attached hydrogens (tertiary/aromatic N) is 3. The van der Waals surface area contributed by atoms with Gasteiger partial charge in [0.05, 0.1) is 6.04 Å². The number of piperazine rings is 1. The molecular formula is C25H37FN4O2. The smallest absolute Gasteiger partial charge is 0.241 e. The number of hydrogen-bond donors (Lipinski definition) is 1. The molecule has 0 spiro atoms. The van der Waals surface area contributed by atoms with E-state index in [1.807, 2.05) is 14.0 Å². The van der Waals surface area contributed by atoms with Crippen LogP contribution in [0, 0.1) is 18.7 Å². The van der Waals surface area contributed by atoms with Gasteiger partial charge in [0, 0.05) is 43.8 Å². The van der Waals surface area contributed by atoms with Gasteiger partial charge in [-0.3, -0.25) is 19.4 Å². The van der Waals surface area contributed by atoms with Gasteiger partial charge >= 0.3 is 0 Å². The Labute approximate surface area is 191 Å². The highest BCUT2D eigenvalue weighted by atomic mass is 19.1. The summed E-state index contributed by atoms with van der Waals surface area (Å²) in [5, 5.41) is 2.97. The third kappa shape index (κ3) is 4.99. The zero-order valence-corrected chi connectivity index (χ0v) is 19.7. The van der Waals surface area contributed by atoms with E-state index < -0.39 is 0 Å². The van der Waals surface area contributed by atoms with E-state index in [0.29, 0.717) is 18.1 Å². The number of likely N-dealkylation sites (tertiary alicyclic amines) is 1. The molecule has 32 heavy (non-hydrogen) atoms. The first-order valence-corrected chi connectivity index (χ1v) is 12.2. The summed E-state index contributed by atoms with van der Waals surface area (Å²) in [5.74, 6) is 0.138. The molecule has 4 rings (SSSR count). The maximum Gasteiger partial charge on any atom is 0.241 e. The summed E-state index contributed by atoms with van der Waals surface area (Å²) < 4.78 is 14.5. The lowest BCUT2D eigenvalue weighted by atomic mass is 10.0. The van der Waals surface area contributed by atoms with E-state index in [2.05, 4.69) is 26.9 Å². The highest BCUT2D eigenvalue weighted by Crippen LogP contribution is 2.29. The lowest BCUT2D eigenvalue weighted by Crippen LogP contribution is -2.54. The number of nitrogens with one attached hydrogen (secondary N) is 1. The second kappa shape index (κ2) is 9.87. The molecule has 2 amide bonds. The van der Waals surface area contributed by atoms with Gasteiger partial charge in [-0.15, -0.1) is 0 Å². The minimum atomic E-state index is -0.330. The van der Waals surface area contributed by atoms with Crippen LogP contribution in [0.1, 0.15) is 56.6 Å². The van der Waals surface area contributed by atoms with Crippen molar-refractivity contribution in [2.24, 2.45) is 5.92 Å².